The zero-order valence-electron chi connectivity index (χ0n) is 21.0. The van der Waals surface area contributed by atoms with Crippen molar-refractivity contribution in [1.82, 2.24) is 19.2 Å². The van der Waals surface area contributed by atoms with Crippen molar-refractivity contribution in [3.63, 3.8) is 0 Å². The number of imidazole rings is 1. The number of carbonyl (C=O) groups excluding carboxylic acids is 2. The average Bonchev–Trinajstić information content (AvgIpc) is 3.71. The van der Waals surface area contributed by atoms with Crippen LogP contribution in [-0.4, -0.2) is 31.0 Å². The number of carbonyl (C=O) groups is 2. The van der Waals surface area contributed by atoms with Gasteiger partial charge < -0.3 is 15.4 Å². The first-order chi connectivity index (χ1) is 18.9. The van der Waals surface area contributed by atoms with Crippen molar-refractivity contribution in [2.75, 3.05) is 10.6 Å². The topological polar surface area (TPSA) is 120 Å². The standard InChI is InChI=1S/C29H24N6O4/c1-18-16-20(30-28(37)22-8-5-15-34(29(22)38)21-6-3-2-4-7-21)11-12-23(18)39-26-14-13-25-31-24(17-35(25)33-26)32-27(36)19-9-10-19/h2-8,11-17,19H,9-10H2,1H3,(H,30,37)(H,32,36). The number of fused-ring (bicyclic) bond motifs is 1. The van der Waals surface area contributed by atoms with Crippen LogP contribution in [0.3, 0.4) is 0 Å². The van der Waals surface area contributed by atoms with E-state index in [1.54, 1.807) is 65.4 Å². The molecule has 5 aromatic rings. The van der Waals surface area contributed by atoms with Gasteiger partial charge in [0.15, 0.2) is 11.5 Å². The third kappa shape index (κ3) is 5.12. The molecule has 1 fully saturated rings. The summed E-state index contributed by atoms with van der Waals surface area (Å²) in [6, 6.07) is 20.9. The summed E-state index contributed by atoms with van der Waals surface area (Å²) in [6.45, 7) is 1.84. The average molecular weight is 521 g/mol. The maximum absolute atomic E-state index is 13.0. The summed E-state index contributed by atoms with van der Waals surface area (Å²) in [5.74, 6) is 0.890. The molecule has 39 heavy (non-hydrogen) atoms. The molecule has 194 valence electrons. The normalized spacial score (nSPS) is 12.7. The highest BCUT2D eigenvalue weighted by Crippen LogP contribution is 2.30. The number of benzene rings is 2. The lowest BCUT2D eigenvalue weighted by Gasteiger charge is -2.11. The van der Waals surface area contributed by atoms with Crippen molar-refractivity contribution in [3.8, 4) is 17.3 Å². The highest BCUT2D eigenvalue weighted by Gasteiger charge is 2.30. The van der Waals surface area contributed by atoms with Crippen LogP contribution >= 0.6 is 0 Å². The van der Waals surface area contributed by atoms with Gasteiger partial charge in [-0.3, -0.25) is 19.0 Å². The molecule has 0 aliphatic heterocycles. The largest absolute Gasteiger partial charge is 0.437 e. The first-order valence-electron chi connectivity index (χ1n) is 12.5. The summed E-state index contributed by atoms with van der Waals surface area (Å²) >= 11 is 0. The second-order valence-corrected chi connectivity index (χ2v) is 9.33. The van der Waals surface area contributed by atoms with Crippen LogP contribution in [0.1, 0.15) is 28.8 Å². The molecule has 3 aromatic heterocycles. The Morgan fingerprint density at radius 3 is 2.56 bits per heavy atom. The lowest BCUT2D eigenvalue weighted by atomic mass is 10.2. The number of pyridine rings is 1. The van der Waals surface area contributed by atoms with Gasteiger partial charge in [0.05, 0.1) is 6.20 Å². The monoisotopic (exact) mass is 520 g/mol. The minimum Gasteiger partial charge on any atom is -0.437 e. The third-order valence-electron chi connectivity index (χ3n) is 6.37. The van der Waals surface area contributed by atoms with Crippen LogP contribution in [0.4, 0.5) is 11.5 Å². The maximum Gasteiger partial charge on any atom is 0.267 e. The van der Waals surface area contributed by atoms with E-state index in [0.717, 1.165) is 18.4 Å². The molecule has 1 aliphatic rings. The number of amides is 2. The Labute approximate surface area is 222 Å². The molecule has 2 amide bonds. The number of ether oxygens (including phenoxy) is 1. The van der Waals surface area contributed by atoms with Crippen molar-refractivity contribution in [1.29, 1.82) is 0 Å². The summed E-state index contributed by atoms with van der Waals surface area (Å²) in [7, 11) is 0. The number of aromatic nitrogens is 4. The van der Waals surface area contributed by atoms with Crippen molar-refractivity contribution in [2.24, 2.45) is 5.92 Å². The minimum atomic E-state index is -0.504. The lowest BCUT2D eigenvalue weighted by molar-refractivity contribution is -0.117. The lowest BCUT2D eigenvalue weighted by Crippen LogP contribution is -2.27. The van der Waals surface area contributed by atoms with E-state index in [-0.39, 0.29) is 17.4 Å². The Morgan fingerprint density at radius 1 is 0.974 bits per heavy atom. The number of hydrogen-bond acceptors (Lipinski definition) is 6. The van der Waals surface area contributed by atoms with Crippen LogP contribution in [0.2, 0.25) is 0 Å². The molecule has 10 nitrogen and oxygen atoms in total. The van der Waals surface area contributed by atoms with Gasteiger partial charge in [-0.2, -0.15) is 0 Å². The molecule has 0 atom stereocenters. The van der Waals surface area contributed by atoms with E-state index in [1.807, 2.05) is 25.1 Å². The number of nitrogens with zero attached hydrogens (tertiary/aromatic N) is 4. The number of rotatable bonds is 7. The van der Waals surface area contributed by atoms with Gasteiger partial charge in [-0.25, -0.2) is 9.50 Å². The Balaban J connectivity index is 1.16. The maximum atomic E-state index is 13.0. The van der Waals surface area contributed by atoms with Gasteiger partial charge in [-0.1, -0.05) is 18.2 Å². The molecule has 1 aliphatic carbocycles. The molecule has 2 aromatic carbocycles. The Morgan fingerprint density at radius 2 is 1.79 bits per heavy atom. The number of para-hydroxylation sites is 1. The SMILES string of the molecule is Cc1cc(NC(=O)c2cccn(-c3ccccc3)c2=O)ccc1Oc1ccc2nc(NC(=O)C3CC3)cn2n1. The second kappa shape index (κ2) is 9.90. The first kappa shape index (κ1) is 24.1. The summed E-state index contributed by atoms with van der Waals surface area (Å²) < 4.78 is 8.95. The number of hydrogen-bond donors (Lipinski definition) is 2. The molecule has 0 saturated heterocycles. The molecular formula is C29H24N6O4. The summed E-state index contributed by atoms with van der Waals surface area (Å²) in [6.07, 6.45) is 5.10. The molecule has 3 heterocycles. The van der Waals surface area contributed by atoms with Gasteiger partial charge in [0.1, 0.15) is 11.3 Å². The molecular weight excluding hydrogens is 496 g/mol. The zero-order valence-corrected chi connectivity index (χ0v) is 21.0. The van der Waals surface area contributed by atoms with Crippen LogP contribution in [0.25, 0.3) is 11.3 Å². The Bertz CT molecular complexity index is 1770. The summed E-state index contributed by atoms with van der Waals surface area (Å²) in [5.41, 5.74) is 2.16. The predicted octanol–water partition coefficient (Wildman–Crippen LogP) is 4.58. The Kier molecular flexibility index (Phi) is 6.12. The van der Waals surface area contributed by atoms with Crippen LogP contribution in [-0.2, 0) is 4.79 Å². The number of anilines is 2. The van der Waals surface area contributed by atoms with Crippen molar-refractivity contribution < 1.29 is 14.3 Å². The van der Waals surface area contributed by atoms with Gasteiger partial charge in [-0.15, -0.1) is 5.10 Å². The quantitative estimate of drug-likeness (QED) is 0.324. The molecule has 0 radical (unpaired) electrons. The van der Waals surface area contributed by atoms with Crippen LogP contribution in [0.5, 0.6) is 11.6 Å². The molecule has 0 unspecified atom stereocenters. The predicted molar refractivity (Wildman–Crippen MR) is 146 cm³/mol. The van der Waals surface area contributed by atoms with E-state index < -0.39 is 11.5 Å². The fraction of sp³-hybridized carbons (Fsp3) is 0.138. The summed E-state index contributed by atoms with van der Waals surface area (Å²) in [4.78, 5) is 42.3. The molecule has 1 saturated carbocycles. The van der Waals surface area contributed by atoms with Gasteiger partial charge in [0, 0.05) is 29.6 Å². The fourth-order valence-electron chi connectivity index (χ4n) is 4.16. The van der Waals surface area contributed by atoms with Crippen LogP contribution in [0.15, 0.2) is 90.0 Å². The second-order valence-electron chi connectivity index (χ2n) is 9.33. The molecule has 2 N–H and O–H groups in total. The number of nitrogens with one attached hydrogen (secondary N) is 2. The van der Waals surface area contributed by atoms with E-state index in [2.05, 4.69) is 20.7 Å². The molecule has 0 bridgehead atoms. The van der Waals surface area contributed by atoms with E-state index in [1.165, 1.54) is 10.6 Å². The van der Waals surface area contributed by atoms with Crippen LogP contribution < -0.4 is 20.9 Å². The van der Waals surface area contributed by atoms with Gasteiger partial charge in [0.25, 0.3) is 11.5 Å². The van der Waals surface area contributed by atoms with E-state index in [9.17, 15) is 14.4 Å². The van der Waals surface area contributed by atoms with E-state index in [0.29, 0.717) is 34.5 Å². The van der Waals surface area contributed by atoms with Crippen molar-refractivity contribution >= 4 is 29.0 Å². The van der Waals surface area contributed by atoms with Gasteiger partial charge >= 0.3 is 0 Å². The molecule has 6 rings (SSSR count). The van der Waals surface area contributed by atoms with Crippen LogP contribution in [0, 0.1) is 12.8 Å². The minimum absolute atomic E-state index is 0.0215. The molecule has 10 heteroatoms. The molecule has 0 spiro atoms. The van der Waals surface area contributed by atoms with Crippen molar-refractivity contribution in [2.45, 2.75) is 19.8 Å². The number of aryl methyl sites for hydroxylation is 1. The van der Waals surface area contributed by atoms with E-state index in [4.69, 9.17) is 4.74 Å². The smallest absolute Gasteiger partial charge is 0.267 e. The van der Waals surface area contributed by atoms with Crippen molar-refractivity contribution in [3.05, 3.63) is 107 Å². The summed E-state index contributed by atoms with van der Waals surface area (Å²) in [5, 5.41) is 10.0. The Hall–Kier alpha value is -5.25. The third-order valence-corrected chi connectivity index (χ3v) is 6.37. The van der Waals surface area contributed by atoms with Gasteiger partial charge in [0.2, 0.25) is 11.8 Å². The van der Waals surface area contributed by atoms with E-state index >= 15 is 0 Å². The fourth-order valence-corrected chi connectivity index (χ4v) is 4.16. The zero-order chi connectivity index (χ0) is 26.9. The highest BCUT2D eigenvalue weighted by molar-refractivity contribution is 6.04. The highest BCUT2D eigenvalue weighted by atomic mass is 16.5. The van der Waals surface area contributed by atoms with Gasteiger partial charge in [-0.05, 0) is 73.9 Å². The first-order valence-corrected chi connectivity index (χ1v) is 12.5.